The van der Waals surface area contributed by atoms with Gasteiger partial charge in [-0.05, 0) is 24.0 Å². The van der Waals surface area contributed by atoms with Gasteiger partial charge in [-0.3, -0.25) is 0 Å². The number of para-hydroxylation sites is 1. The molecule has 0 heterocycles. The van der Waals surface area contributed by atoms with Crippen molar-refractivity contribution in [1.29, 1.82) is 0 Å². The molecule has 1 aromatic rings. The monoisotopic (exact) mass is 246 g/mol. The zero-order valence-corrected chi connectivity index (χ0v) is 10.4. The lowest BCUT2D eigenvalue weighted by Gasteiger charge is -2.23. The fraction of sp³-hybridized carbons (Fsp3) is 0.500. The van der Waals surface area contributed by atoms with Gasteiger partial charge in [0.1, 0.15) is 5.75 Å². The Morgan fingerprint density at radius 1 is 1.13 bits per heavy atom. The number of ether oxygens (including phenoxy) is 1. The van der Waals surface area contributed by atoms with Crippen LogP contribution in [-0.2, 0) is 0 Å². The molecule has 0 unspecified atom stereocenters. The van der Waals surface area contributed by atoms with E-state index in [0.29, 0.717) is 18.4 Å². The van der Waals surface area contributed by atoms with Gasteiger partial charge in [-0.2, -0.15) is 0 Å². The molecule has 1 nitrogen and oxygen atoms in total. The number of alkyl halides is 2. The topological polar surface area (TPSA) is 9.23 Å². The third kappa shape index (κ3) is 4.31. The molecule has 0 atom stereocenters. The van der Waals surface area contributed by atoms with Gasteiger partial charge in [0.15, 0.2) is 0 Å². The Balaban J connectivity index is 2.33. The van der Waals surface area contributed by atoms with Crippen molar-refractivity contribution in [2.24, 2.45) is 5.41 Å². The Morgan fingerprint density at radius 2 is 1.73 bits per heavy atom. The number of rotatable bonds is 6. The van der Waals surface area contributed by atoms with Crippen LogP contribution in [0.5, 0.6) is 5.75 Å². The Labute approximate surface area is 101 Å². The fourth-order valence-electron chi connectivity index (χ4n) is 1.10. The summed E-state index contributed by atoms with van der Waals surface area (Å²) in [7, 11) is 0. The van der Waals surface area contributed by atoms with Crippen molar-refractivity contribution in [1.82, 2.24) is 0 Å². The van der Waals surface area contributed by atoms with Crippen LogP contribution in [-0.4, -0.2) is 18.4 Å². The van der Waals surface area contributed by atoms with Crippen LogP contribution in [0, 0.1) is 5.41 Å². The Kier molecular flexibility index (Phi) is 5.27. The Hall–Kier alpha value is -0.400. The van der Waals surface area contributed by atoms with Crippen LogP contribution in [0.2, 0.25) is 0 Å². The van der Waals surface area contributed by atoms with Gasteiger partial charge < -0.3 is 4.74 Å². The maximum absolute atomic E-state index is 5.85. The van der Waals surface area contributed by atoms with Crippen LogP contribution in [0.4, 0.5) is 0 Å². The maximum Gasteiger partial charge on any atom is 0.119 e. The van der Waals surface area contributed by atoms with E-state index >= 15 is 0 Å². The van der Waals surface area contributed by atoms with Crippen LogP contribution in [0.25, 0.3) is 0 Å². The standard InChI is InChI=1S/C12H16Cl2O/c1-12(9-13,10-14)7-8-15-11-5-3-2-4-6-11/h2-6H,7-10H2,1H3. The third-order valence-electron chi connectivity index (χ3n) is 2.36. The van der Waals surface area contributed by atoms with Gasteiger partial charge in [0, 0.05) is 11.8 Å². The summed E-state index contributed by atoms with van der Waals surface area (Å²) < 4.78 is 5.59. The second-order valence-electron chi connectivity index (χ2n) is 3.99. The van der Waals surface area contributed by atoms with E-state index in [1.54, 1.807) is 0 Å². The first kappa shape index (κ1) is 12.7. The molecular formula is C12H16Cl2O. The van der Waals surface area contributed by atoms with Crippen molar-refractivity contribution in [3.63, 3.8) is 0 Å². The largest absolute Gasteiger partial charge is 0.494 e. The number of hydrogen-bond acceptors (Lipinski definition) is 1. The molecule has 1 aromatic carbocycles. The van der Waals surface area contributed by atoms with Gasteiger partial charge in [-0.15, -0.1) is 23.2 Å². The summed E-state index contributed by atoms with van der Waals surface area (Å²) in [4.78, 5) is 0. The summed E-state index contributed by atoms with van der Waals surface area (Å²) in [5.41, 5.74) is -0.0299. The van der Waals surface area contributed by atoms with Crippen LogP contribution in [0.3, 0.4) is 0 Å². The van der Waals surface area contributed by atoms with Gasteiger partial charge >= 0.3 is 0 Å². The lowest BCUT2D eigenvalue weighted by molar-refractivity contribution is 0.247. The molecule has 0 amide bonds. The van der Waals surface area contributed by atoms with E-state index in [9.17, 15) is 0 Å². The van der Waals surface area contributed by atoms with Gasteiger partial charge in [-0.1, -0.05) is 25.1 Å². The van der Waals surface area contributed by atoms with Crippen molar-refractivity contribution >= 4 is 23.2 Å². The third-order valence-corrected chi connectivity index (χ3v) is 3.65. The minimum Gasteiger partial charge on any atom is -0.494 e. The molecule has 0 aliphatic rings. The van der Waals surface area contributed by atoms with Gasteiger partial charge in [-0.25, -0.2) is 0 Å². The smallest absolute Gasteiger partial charge is 0.119 e. The molecule has 0 spiro atoms. The summed E-state index contributed by atoms with van der Waals surface area (Å²) in [5.74, 6) is 2.02. The zero-order chi connectivity index (χ0) is 11.1. The van der Waals surface area contributed by atoms with Crippen molar-refractivity contribution in [3.05, 3.63) is 30.3 Å². The van der Waals surface area contributed by atoms with Crippen LogP contribution < -0.4 is 4.74 Å². The second kappa shape index (κ2) is 6.24. The highest BCUT2D eigenvalue weighted by Crippen LogP contribution is 2.25. The van der Waals surface area contributed by atoms with E-state index in [4.69, 9.17) is 27.9 Å². The molecule has 0 fully saturated rings. The second-order valence-corrected chi connectivity index (χ2v) is 4.52. The highest BCUT2D eigenvalue weighted by Gasteiger charge is 2.21. The molecule has 0 aliphatic carbocycles. The highest BCUT2D eigenvalue weighted by atomic mass is 35.5. The summed E-state index contributed by atoms with van der Waals surface area (Å²) in [5, 5.41) is 0. The molecular weight excluding hydrogens is 231 g/mol. The Morgan fingerprint density at radius 3 is 2.27 bits per heavy atom. The molecule has 0 bridgehead atoms. The van der Waals surface area contributed by atoms with Gasteiger partial charge in [0.05, 0.1) is 6.61 Å². The zero-order valence-electron chi connectivity index (χ0n) is 8.88. The number of hydrogen-bond donors (Lipinski definition) is 0. The predicted molar refractivity (Wildman–Crippen MR) is 66.1 cm³/mol. The molecule has 0 aliphatic heterocycles. The predicted octanol–water partition coefficient (Wildman–Crippen LogP) is 3.94. The molecule has 3 heteroatoms. The highest BCUT2D eigenvalue weighted by molar-refractivity contribution is 6.21. The fourth-order valence-corrected chi connectivity index (χ4v) is 1.65. The molecule has 0 saturated carbocycles. The van der Waals surface area contributed by atoms with Crippen molar-refractivity contribution in [2.45, 2.75) is 13.3 Å². The van der Waals surface area contributed by atoms with Crippen LogP contribution in [0.1, 0.15) is 13.3 Å². The van der Waals surface area contributed by atoms with E-state index in [1.807, 2.05) is 30.3 Å². The summed E-state index contributed by atoms with van der Waals surface area (Å²) in [6.45, 7) is 2.72. The lowest BCUT2D eigenvalue weighted by Crippen LogP contribution is -2.23. The van der Waals surface area contributed by atoms with Gasteiger partial charge in [0.2, 0.25) is 0 Å². The van der Waals surface area contributed by atoms with E-state index in [0.717, 1.165) is 12.2 Å². The van der Waals surface area contributed by atoms with Crippen molar-refractivity contribution in [3.8, 4) is 5.75 Å². The molecule has 84 valence electrons. The SMILES string of the molecule is CC(CCl)(CCl)CCOc1ccccc1. The normalized spacial score (nSPS) is 11.4. The molecule has 0 radical (unpaired) electrons. The lowest BCUT2D eigenvalue weighted by atomic mass is 9.92. The van der Waals surface area contributed by atoms with Crippen molar-refractivity contribution in [2.75, 3.05) is 18.4 Å². The molecule has 1 rings (SSSR count). The quantitative estimate of drug-likeness (QED) is 0.692. The van der Waals surface area contributed by atoms with E-state index in [1.165, 1.54) is 0 Å². The van der Waals surface area contributed by atoms with E-state index in [2.05, 4.69) is 6.92 Å². The number of halogens is 2. The Bertz CT molecular complexity index is 270. The molecule has 0 saturated heterocycles. The van der Waals surface area contributed by atoms with Crippen LogP contribution >= 0.6 is 23.2 Å². The molecule has 0 aromatic heterocycles. The average Bonchev–Trinajstić information content (AvgIpc) is 2.30. The summed E-state index contributed by atoms with van der Waals surface area (Å²) in [6.07, 6.45) is 0.870. The van der Waals surface area contributed by atoms with E-state index in [-0.39, 0.29) is 5.41 Å². The number of benzene rings is 1. The average molecular weight is 247 g/mol. The first-order chi connectivity index (χ1) is 7.20. The van der Waals surface area contributed by atoms with E-state index < -0.39 is 0 Å². The van der Waals surface area contributed by atoms with Gasteiger partial charge in [0.25, 0.3) is 0 Å². The van der Waals surface area contributed by atoms with Crippen LogP contribution in [0.15, 0.2) is 30.3 Å². The van der Waals surface area contributed by atoms with Crippen molar-refractivity contribution < 1.29 is 4.74 Å². The minimum absolute atomic E-state index is 0.0299. The summed E-state index contributed by atoms with van der Waals surface area (Å²) in [6, 6.07) is 9.77. The minimum atomic E-state index is -0.0299. The maximum atomic E-state index is 5.85. The molecule has 15 heavy (non-hydrogen) atoms. The first-order valence-electron chi connectivity index (χ1n) is 5.00. The summed E-state index contributed by atoms with van der Waals surface area (Å²) >= 11 is 11.7. The first-order valence-corrected chi connectivity index (χ1v) is 6.07. The molecule has 0 N–H and O–H groups in total.